The number of nitrogens with zero attached hydrogens (tertiary/aromatic N) is 1. The smallest absolute Gasteiger partial charge is 0.309 e. The largest absolute Gasteiger partial charge is 0.348 e. The van der Waals surface area contributed by atoms with Gasteiger partial charge in [-0.25, -0.2) is 8.42 Å². The molecule has 0 bridgehead atoms. The molecule has 7 nitrogen and oxygen atoms in total. The van der Waals surface area contributed by atoms with Gasteiger partial charge in [0.05, 0.1) is 4.90 Å². The van der Waals surface area contributed by atoms with E-state index >= 15 is 0 Å². The molecule has 0 unspecified atom stereocenters. The van der Waals surface area contributed by atoms with Crippen LogP contribution in [0.25, 0.3) is 0 Å². The second-order valence-corrected chi connectivity index (χ2v) is 9.14. The number of sulfonamides is 1. The maximum Gasteiger partial charge on any atom is 0.309 e. The molecule has 1 aromatic carbocycles. The molecule has 1 aliphatic heterocycles. The molecule has 0 spiro atoms. The van der Waals surface area contributed by atoms with E-state index in [0.29, 0.717) is 17.9 Å². The zero-order valence-corrected chi connectivity index (χ0v) is 17.0. The van der Waals surface area contributed by atoms with Gasteiger partial charge in [-0.05, 0) is 52.2 Å². The number of piperidine rings is 1. The Bertz CT molecular complexity index is 760. The number of hydrogen-bond acceptors (Lipinski definition) is 4. The first-order valence-corrected chi connectivity index (χ1v) is 10.8. The number of rotatable bonds is 6. The summed E-state index contributed by atoms with van der Waals surface area (Å²) in [6.45, 7) is 6.21. The minimum absolute atomic E-state index is 0.114. The number of carbonyl (C=O) groups excluding carboxylic acids is 2. The van der Waals surface area contributed by atoms with Crippen molar-refractivity contribution in [3.8, 4) is 0 Å². The van der Waals surface area contributed by atoms with Crippen LogP contribution in [-0.2, 0) is 19.6 Å². The summed E-state index contributed by atoms with van der Waals surface area (Å²) in [6.07, 6.45) is 3.00. The van der Waals surface area contributed by atoms with E-state index in [0.717, 1.165) is 24.8 Å². The second kappa shape index (κ2) is 9.32. The van der Waals surface area contributed by atoms with Crippen molar-refractivity contribution in [1.82, 2.24) is 14.9 Å². The number of aryl methyl sites for hydroxylation is 1. The van der Waals surface area contributed by atoms with Crippen LogP contribution < -0.4 is 10.6 Å². The Morgan fingerprint density at radius 3 is 2.44 bits per heavy atom. The Morgan fingerprint density at radius 1 is 1.15 bits per heavy atom. The van der Waals surface area contributed by atoms with Crippen molar-refractivity contribution in [2.75, 3.05) is 13.1 Å². The third-order valence-corrected chi connectivity index (χ3v) is 6.56. The summed E-state index contributed by atoms with van der Waals surface area (Å²) in [6, 6.07) is 6.55. The van der Waals surface area contributed by atoms with Crippen LogP contribution in [0.2, 0.25) is 0 Å². The summed E-state index contributed by atoms with van der Waals surface area (Å²) >= 11 is 0. The molecule has 1 aromatic rings. The summed E-state index contributed by atoms with van der Waals surface area (Å²) in [5.41, 5.74) is 1.01. The minimum atomic E-state index is -3.57. The van der Waals surface area contributed by atoms with E-state index < -0.39 is 21.8 Å². The molecule has 27 heavy (non-hydrogen) atoms. The Morgan fingerprint density at radius 2 is 1.81 bits per heavy atom. The predicted molar refractivity (Wildman–Crippen MR) is 104 cm³/mol. The fraction of sp³-hybridized carbons (Fsp3) is 0.579. The van der Waals surface area contributed by atoms with Crippen LogP contribution in [0.5, 0.6) is 0 Å². The van der Waals surface area contributed by atoms with Gasteiger partial charge in [-0.15, -0.1) is 0 Å². The van der Waals surface area contributed by atoms with Crippen molar-refractivity contribution in [3.05, 3.63) is 29.8 Å². The van der Waals surface area contributed by atoms with Gasteiger partial charge < -0.3 is 10.6 Å². The number of nitrogens with one attached hydrogen (secondary N) is 2. The molecule has 1 fully saturated rings. The summed E-state index contributed by atoms with van der Waals surface area (Å²) < 4.78 is 27.6. The molecule has 1 atom stereocenters. The maximum atomic E-state index is 13.0. The Hall–Kier alpha value is -1.93. The average molecular weight is 396 g/mol. The number of benzene rings is 1. The SMILES string of the molecule is Cc1ccc(S(=O)(=O)N2CCCC[C@H]2CCNC(=O)C(=O)NC(C)C)cc1. The molecule has 1 saturated heterocycles. The summed E-state index contributed by atoms with van der Waals surface area (Å²) in [7, 11) is -3.57. The topological polar surface area (TPSA) is 95.6 Å². The molecule has 2 amide bonds. The van der Waals surface area contributed by atoms with Crippen molar-refractivity contribution in [1.29, 1.82) is 0 Å². The summed E-state index contributed by atoms with van der Waals surface area (Å²) in [5, 5.41) is 5.11. The van der Waals surface area contributed by atoms with Crippen LogP contribution in [0.15, 0.2) is 29.2 Å². The van der Waals surface area contributed by atoms with Crippen molar-refractivity contribution >= 4 is 21.8 Å². The van der Waals surface area contributed by atoms with E-state index in [2.05, 4.69) is 10.6 Å². The molecule has 0 radical (unpaired) electrons. The zero-order chi connectivity index (χ0) is 20.0. The lowest BCUT2D eigenvalue weighted by Crippen LogP contribution is -2.47. The van der Waals surface area contributed by atoms with Crippen molar-refractivity contribution in [2.24, 2.45) is 0 Å². The van der Waals surface area contributed by atoms with Crippen LogP contribution >= 0.6 is 0 Å². The third kappa shape index (κ3) is 5.77. The fourth-order valence-electron chi connectivity index (χ4n) is 3.18. The fourth-order valence-corrected chi connectivity index (χ4v) is 4.91. The van der Waals surface area contributed by atoms with E-state index in [1.54, 1.807) is 42.4 Å². The van der Waals surface area contributed by atoms with Gasteiger partial charge in [-0.2, -0.15) is 4.31 Å². The molecule has 2 rings (SSSR count). The second-order valence-electron chi connectivity index (χ2n) is 7.25. The maximum absolute atomic E-state index is 13.0. The van der Waals surface area contributed by atoms with Gasteiger partial charge in [0.2, 0.25) is 10.0 Å². The minimum Gasteiger partial charge on any atom is -0.348 e. The highest BCUT2D eigenvalue weighted by atomic mass is 32.2. The normalized spacial score (nSPS) is 18.3. The van der Waals surface area contributed by atoms with Crippen LogP contribution in [-0.4, -0.2) is 49.7 Å². The van der Waals surface area contributed by atoms with Gasteiger partial charge in [0.1, 0.15) is 0 Å². The molecule has 0 aromatic heterocycles. The van der Waals surface area contributed by atoms with Crippen LogP contribution in [0.4, 0.5) is 0 Å². The first kappa shape index (κ1) is 21.4. The van der Waals surface area contributed by atoms with E-state index in [1.807, 2.05) is 6.92 Å². The lowest BCUT2D eigenvalue weighted by Gasteiger charge is -2.34. The molecular weight excluding hydrogens is 366 g/mol. The molecule has 0 saturated carbocycles. The summed E-state index contributed by atoms with van der Waals surface area (Å²) in [5.74, 6) is -1.36. The molecule has 8 heteroatoms. The average Bonchev–Trinajstić information content (AvgIpc) is 2.61. The summed E-state index contributed by atoms with van der Waals surface area (Å²) in [4.78, 5) is 23.7. The van der Waals surface area contributed by atoms with E-state index in [-0.39, 0.29) is 18.6 Å². The van der Waals surface area contributed by atoms with Crippen molar-refractivity contribution in [3.63, 3.8) is 0 Å². The molecule has 150 valence electrons. The van der Waals surface area contributed by atoms with E-state index in [9.17, 15) is 18.0 Å². The molecule has 1 aliphatic rings. The highest BCUT2D eigenvalue weighted by Crippen LogP contribution is 2.27. The van der Waals surface area contributed by atoms with Crippen LogP contribution in [0.1, 0.15) is 45.1 Å². The van der Waals surface area contributed by atoms with Gasteiger partial charge in [0.25, 0.3) is 0 Å². The molecule has 1 heterocycles. The van der Waals surface area contributed by atoms with Gasteiger partial charge in [0, 0.05) is 25.2 Å². The Balaban J connectivity index is 1.99. The third-order valence-electron chi connectivity index (χ3n) is 4.59. The van der Waals surface area contributed by atoms with Crippen molar-refractivity contribution < 1.29 is 18.0 Å². The Labute approximate surface area is 161 Å². The van der Waals surface area contributed by atoms with Crippen molar-refractivity contribution in [2.45, 2.75) is 63.4 Å². The highest BCUT2D eigenvalue weighted by Gasteiger charge is 2.33. The van der Waals surface area contributed by atoms with Gasteiger partial charge in [0.15, 0.2) is 0 Å². The van der Waals surface area contributed by atoms with Gasteiger partial charge >= 0.3 is 11.8 Å². The highest BCUT2D eigenvalue weighted by molar-refractivity contribution is 7.89. The quantitative estimate of drug-likeness (QED) is 0.715. The molecule has 2 N–H and O–H groups in total. The number of carbonyl (C=O) groups is 2. The standard InChI is InChI=1S/C19H29N3O4S/c1-14(2)21-19(24)18(23)20-12-11-16-6-4-5-13-22(16)27(25,26)17-9-7-15(3)8-10-17/h7-10,14,16H,4-6,11-13H2,1-3H3,(H,20,23)(H,21,24)/t16-/m0/s1. The lowest BCUT2D eigenvalue weighted by atomic mass is 10.0. The predicted octanol–water partition coefficient (Wildman–Crippen LogP) is 1.57. The number of hydrogen-bond donors (Lipinski definition) is 2. The first-order valence-electron chi connectivity index (χ1n) is 9.39. The van der Waals surface area contributed by atoms with Crippen LogP contribution in [0, 0.1) is 6.92 Å². The Kier molecular flexibility index (Phi) is 7.38. The first-order chi connectivity index (χ1) is 12.7. The zero-order valence-electron chi connectivity index (χ0n) is 16.2. The molecular formula is C19H29N3O4S. The lowest BCUT2D eigenvalue weighted by molar-refractivity contribution is -0.139. The van der Waals surface area contributed by atoms with E-state index in [4.69, 9.17) is 0 Å². The molecule has 0 aliphatic carbocycles. The van der Waals surface area contributed by atoms with E-state index in [1.165, 1.54) is 0 Å². The van der Waals surface area contributed by atoms with Gasteiger partial charge in [-0.1, -0.05) is 24.1 Å². The van der Waals surface area contributed by atoms with Crippen LogP contribution in [0.3, 0.4) is 0 Å². The monoisotopic (exact) mass is 395 g/mol. The number of amides is 2. The van der Waals surface area contributed by atoms with Gasteiger partial charge in [-0.3, -0.25) is 9.59 Å².